The van der Waals surface area contributed by atoms with Gasteiger partial charge in [0.05, 0.1) is 34.2 Å². The average molecular weight is 857 g/mol. The molecule has 1 fully saturated rings. The number of halogens is 2. The summed E-state index contributed by atoms with van der Waals surface area (Å²) in [6, 6.07) is 3.43. The maximum atomic E-state index is 12.5. The molecule has 22 nitrogen and oxygen atoms in total. The Morgan fingerprint density at radius 3 is 2.38 bits per heavy atom. The summed E-state index contributed by atoms with van der Waals surface area (Å²) in [4.78, 5) is 80.7. The number of hydrogen-bond acceptors (Lipinski definition) is 21. The van der Waals surface area contributed by atoms with Gasteiger partial charge in [0.1, 0.15) is 35.6 Å². The zero-order chi connectivity index (χ0) is 38.9. The molecule has 3 aromatic rings. The van der Waals surface area contributed by atoms with E-state index in [0.717, 1.165) is 18.5 Å². The zero-order valence-corrected chi connectivity index (χ0v) is 31.6. The number of fused-ring (bicyclic) bond motifs is 3. The number of Topliss-reactive ketones (excluding diaryl/α,β-unsaturated/α-hetero) is 1. The van der Waals surface area contributed by atoms with Gasteiger partial charge in [0.15, 0.2) is 11.5 Å². The number of carbonyl (C=O) groups excluding carboxylic acids is 1. The average Bonchev–Trinajstić information content (AvgIpc) is 3.61. The Morgan fingerprint density at radius 1 is 1.04 bits per heavy atom. The Balaban J connectivity index is 1.07. The van der Waals surface area contributed by atoms with Gasteiger partial charge in [0.2, 0.25) is 5.78 Å². The van der Waals surface area contributed by atoms with Crippen molar-refractivity contribution in [3.05, 3.63) is 57.6 Å². The summed E-state index contributed by atoms with van der Waals surface area (Å²) in [5.74, 6) is -1.02. The van der Waals surface area contributed by atoms with E-state index in [0.29, 0.717) is 0 Å². The van der Waals surface area contributed by atoms with Crippen LogP contribution >= 0.6 is 54.5 Å². The number of hydrogen-bond donors (Lipinski definition) is 3. The minimum Gasteiger partial charge on any atom is -0.756 e. The number of ketones is 1. The molecule has 3 aliphatic rings. The number of anilines is 1. The van der Waals surface area contributed by atoms with Crippen LogP contribution in [0.15, 0.2) is 51.2 Å². The minimum absolute atomic E-state index is 0.0700. The smallest absolute Gasteiger partial charge is 0.326 e. The fraction of sp³-hybridized carbons (Fsp3) is 0.320. The number of phosphoric acid groups is 4. The van der Waals surface area contributed by atoms with Crippen molar-refractivity contribution >= 4 is 88.7 Å². The van der Waals surface area contributed by atoms with Crippen LogP contribution in [-0.4, -0.2) is 55.4 Å². The number of aromatic amines is 1. The lowest BCUT2D eigenvalue weighted by Crippen LogP contribution is -2.32. The van der Waals surface area contributed by atoms with Crippen molar-refractivity contribution in [1.29, 1.82) is 0 Å². The van der Waals surface area contributed by atoms with E-state index in [-0.39, 0.29) is 61.8 Å². The number of phosphoric ester groups is 2. The normalized spacial score (nSPS) is 25.7. The SMILES string of the molecule is CC1(C)C2=C(Cl)C(=O)C(Cl)=CC2=Nc2ccc(OP(=O)([O-])OP(=O)([O-])OP(=O)([O-])OP(=O)([O-])OC[C@H]3OC(c4nc5ncnc(N)c5[nH]4)CC3O)cc21. The first-order valence-electron chi connectivity index (χ1n) is 14.5. The van der Waals surface area contributed by atoms with Crippen LogP contribution in [0.25, 0.3) is 11.2 Å². The Hall–Kier alpha value is -2.71. The first-order chi connectivity index (χ1) is 24.5. The molecule has 1 aromatic carbocycles. The van der Waals surface area contributed by atoms with Crippen LogP contribution in [0.3, 0.4) is 0 Å². The van der Waals surface area contributed by atoms with E-state index in [9.17, 15) is 47.7 Å². The van der Waals surface area contributed by atoms with Gasteiger partial charge in [-0.05, 0) is 29.8 Å². The summed E-state index contributed by atoms with van der Waals surface area (Å²) in [6.45, 7) is 2.20. The number of aliphatic hydroxyl groups excluding tert-OH is 1. The summed E-state index contributed by atoms with van der Waals surface area (Å²) in [7, 11) is -25.1. The molecule has 6 unspecified atom stereocenters. The number of aromatic nitrogens is 4. The van der Waals surface area contributed by atoms with Crippen molar-refractivity contribution in [2.24, 2.45) is 4.99 Å². The lowest BCUT2D eigenvalue weighted by atomic mass is 9.71. The highest BCUT2D eigenvalue weighted by molar-refractivity contribution is 7.68. The van der Waals surface area contributed by atoms with Crippen molar-refractivity contribution in [2.45, 2.75) is 44.0 Å². The van der Waals surface area contributed by atoms with Crippen LogP contribution < -0.4 is 29.8 Å². The third kappa shape index (κ3) is 8.59. The van der Waals surface area contributed by atoms with Crippen molar-refractivity contribution in [1.82, 2.24) is 19.9 Å². The van der Waals surface area contributed by atoms with Crippen LogP contribution in [0.5, 0.6) is 5.75 Å². The molecule has 1 saturated heterocycles. The standard InChI is InChI=1S/C25H26Cl2N6O16P4/c1-25(2)11-5-10(3-4-13(11)31-14-6-12(26)21(35)19(27)18(14)25)46-51(38,39)48-53(42,43)49-52(40,41)47-50(36,37)44-8-17-15(34)7-16(45-17)23-32-20-22(28)29-9-30-24(20)33-23/h3-6,9,15-17,34H,7-8H2,1-2H3,(H,36,37)(H,38,39)(H,40,41)(H,42,43)(H3,28,29,30,32,33)/p-4/t15?,16?,17-/m1/s1. The highest BCUT2D eigenvalue weighted by Gasteiger charge is 2.41. The fourth-order valence-electron chi connectivity index (χ4n) is 5.51. The zero-order valence-electron chi connectivity index (χ0n) is 26.5. The largest absolute Gasteiger partial charge is 0.756 e. The molecule has 2 aliphatic heterocycles. The van der Waals surface area contributed by atoms with E-state index in [1.165, 1.54) is 12.1 Å². The summed E-state index contributed by atoms with van der Waals surface area (Å²) in [6.07, 6.45) is -1.39. The van der Waals surface area contributed by atoms with E-state index >= 15 is 0 Å². The maximum Gasteiger partial charge on any atom is 0.326 e. The molecule has 0 spiro atoms. The van der Waals surface area contributed by atoms with E-state index in [1.807, 2.05) is 0 Å². The van der Waals surface area contributed by atoms with E-state index in [2.05, 4.69) is 46.9 Å². The molecule has 53 heavy (non-hydrogen) atoms. The number of H-pyrrole nitrogens is 1. The van der Waals surface area contributed by atoms with Gasteiger partial charge in [0, 0.05) is 17.4 Å². The third-order valence-corrected chi connectivity index (χ3v) is 14.1. The van der Waals surface area contributed by atoms with Crippen molar-refractivity contribution in [2.75, 3.05) is 12.3 Å². The lowest BCUT2D eigenvalue weighted by molar-refractivity contribution is -0.253. The van der Waals surface area contributed by atoms with Gasteiger partial charge in [-0.1, -0.05) is 37.0 Å². The van der Waals surface area contributed by atoms with Crippen LogP contribution in [0.4, 0.5) is 11.5 Å². The fourth-order valence-corrected chi connectivity index (χ4v) is 10.9. The van der Waals surface area contributed by atoms with Crippen LogP contribution in [-0.2, 0) is 50.7 Å². The molecular weight excluding hydrogens is 835 g/mol. The van der Waals surface area contributed by atoms with Gasteiger partial charge in [-0.3, -0.25) is 23.1 Å². The number of nitrogens with two attached hydrogens (primary N) is 1. The number of nitrogens with one attached hydrogen (secondary N) is 1. The van der Waals surface area contributed by atoms with Crippen molar-refractivity contribution < 1.29 is 74.5 Å². The van der Waals surface area contributed by atoms with Crippen LogP contribution in [0.2, 0.25) is 0 Å². The number of nitrogen functional groups attached to an aromatic ring is 1. The molecule has 0 saturated carbocycles. The van der Waals surface area contributed by atoms with Gasteiger partial charge in [-0.25, -0.2) is 32.9 Å². The molecular formula is C25H22Cl2N6O16P4-4. The second-order valence-corrected chi connectivity index (χ2v) is 18.5. The molecule has 2 aromatic heterocycles. The molecule has 286 valence electrons. The molecule has 1 aliphatic carbocycles. The van der Waals surface area contributed by atoms with E-state index in [4.69, 9.17) is 33.7 Å². The number of ether oxygens (including phenoxy) is 1. The highest BCUT2D eigenvalue weighted by atomic mass is 35.5. The Bertz CT molecular complexity index is 2330. The summed E-state index contributed by atoms with van der Waals surface area (Å²) in [5.41, 5.74) is 6.14. The van der Waals surface area contributed by atoms with Crippen LogP contribution in [0.1, 0.15) is 37.8 Å². The molecule has 0 amide bonds. The van der Waals surface area contributed by atoms with Gasteiger partial charge in [0.25, 0.3) is 23.5 Å². The van der Waals surface area contributed by atoms with E-state index in [1.54, 1.807) is 13.8 Å². The Morgan fingerprint density at radius 2 is 1.70 bits per heavy atom. The first kappa shape index (κ1) is 40.0. The highest BCUT2D eigenvalue weighted by Crippen LogP contribution is 2.67. The molecule has 4 heterocycles. The number of aliphatic hydroxyl groups is 1. The quantitative estimate of drug-likeness (QED) is 0.172. The molecule has 6 rings (SSSR count). The van der Waals surface area contributed by atoms with Crippen LogP contribution in [0, 0.1) is 0 Å². The predicted molar refractivity (Wildman–Crippen MR) is 173 cm³/mol. The van der Waals surface area contributed by atoms with Crippen molar-refractivity contribution in [3.63, 3.8) is 0 Å². The summed E-state index contributed by atoms with van der Waals surface area (Å²) < 4.78 is 75.1. The number of carbonyl (C=O) groups is 1. The number of imidazole rings is 1. The second kappa shape index (κ2) is 14.1. The lowest BCUT2D eigenvalue weighted by Gasteiger charge is -2.37. The second-order valence-electron chi connectivity index (χ2n) is 11.8. The number of nitrogens with zero attached hydrogens (tertiary/aromatic N) is 4. The molecule has 28 heteroatoms. The number of allylic oxidation sites excluding steroid dienone is 4. The molecule has 4 N–H and O–H groups in total. The van der Waals surface area contributed by atoms with E-state index < -0.39 is 73.2 Å². The third-order valence-electron chi connectivity index (χ3n) is 7.74. The Labute approximate surface area is 307 Å². The maximum absolute atomic E-state index is 12.5. The summed E-state index contributed by atoms with van der Waals surface area (Å²) >= 11 is 12.2. The number of aliphatic imine (C=N–C) groups is 1. The molecule has 7 atom stereocenters. The molecule has 0 radical (unpaired) electrons. The predicted octanol–water partition coefficient (Wildman–Crippen LogP) is 1.71. The number of benzene rings is 1. The summed E-state index contributed by atoms with van der Waals surface area (Å²) in [5, 5.41) is 9.92. The minimum atomic E-state index is -6.52. The van der Waals surface area contributed by atoms with Gasteiger partial charge >= 0.3 is 7.82 Å². The first-order valence-corrected chi connectivity index (χ1v) is 21.1. The molecule has 0 bridgehead atoms. The monoisotopic (exact) mass is 856 g/mol. The van der Waals surface area contributed by atoms with Gasteiger partial charge in [-0.15, -0.1) is 0 Å². The van der Waals surface area contributed by atoms with Gasteiger partial charge < -0.3 is 49.2 Å². The topological polar surface area (TPSA) is 346 Å². The Kier molecular flexibility index (Phi) is 10.6. The number of rotatable bonds is 12. The van der Waals surface area contributed by atoms with Crippen molar-refractivity contribution in [3.8, 4) is 5.75 Å². The van der Waals surface area contributed by atoms with Gasteiger partial charge in [-0.2, -0.15) is 0 Å².